The van der Waals surface area contributed by atoms with E-state index in [0.29, 0.717) is 19.4 Å². The Morgan fingerprint density at radius 1 is 1.38 bits per heavy atom. The molecule has 1 aliphatic rings. The van der Waals surface area contributed by atoms with Crippen molar-refractivity contribution >= 4 is 17.8 Å². The van der Waals surface area contributed by atoms with Crippen LogP contribution in [0.25, 0.3) is 0 Å². The van der Waals surface area contributed by atoms with Crippen LogP contribution in [0.15, 0.2) is 0 Å². The summed E-state index contributed by atoms with van der Waals surface area (Å²) in [5, 5.41) is 20.5. The largest absolute Gasteiger partial charge is 0.480 e. The number of aliphatic hydroxyl groups is 1. The van der Waals surface area contributed by atoms with E-state index in [2.05, 4.69) is 5.32 Å². The molecular weight excluding hydrogens is 278 g/mol. The molecule has 0 aromatic heterocycles. The SMILES string of the molecule is CC(C)[C@H](NC(=O)[C@@H](N)CO)C(=O)N1CCC[C@@H]1C(=O)O. The number of carboxylic acids is 1. The number of nitrogens with two attached hydrogens (primary N) is 1. The summed E-state index contributed by atoms with van der Waals surface area (Å²) in [4.78, 5) is 36.7. The van der Waals surface area contributed by atoms with Gasteiger partial charge in [-0.1, -0.05) is 13.8 Å². The predicted octanol–water partition coefficient (Wildman–Crippen LogP) is -1.48. The first-order chi connectivity index (χ1) is 9.79. The van der Waals surface area contributed by atoms with Gasteiger partial charge in [0.25, 0.3) is 0 Å². The summed E-state index contributed by atoms with van der Waals surface area (Å²) >= 11 is 0. The van der Waals surface area contributed by atoms with Gasteiger partial charge in [-0.3, -0.25) is 9.59 Å². The Hall–Kier alpha value is -1.67. The van der Waals surface area contributed by atoms with E-state index in [1.807, 2.05) is 0 Å². The number of rotatable bonds is 6. The Kier molecular flexibility index (Phi) is 6.10. The maximum absolute atomic E-state index is 12.5. The summed E-state index contributed by atoms with van der Waals surface area (Å²) in [5.41, 5.74) is 5.41. The Balaban J connectivity index is 2.83. The van der Waals surface area contributed by atoms with Crippen molar-refractivity contribution in [3.63, 3.8) is 0 Å². The number of carbonyl (C=O) groups excluding carboxylic acids is 2. The fourth-order valence-corrected chi connectivity index (χ4v) is 2.32. The number of carboxylic acid groups (broad SMARTS) is 1. The molecule has 0 aromatic carbocycles. The number of aliphatic hydroxyl groups excluding tert-OH is 1. The molecule has 0 bridgehead atoms. The molecule has 0 radical (unpaired) electrons. The second-order valence-electron chi connectivity index (χ2n) is 5.55. The summed E-state index contributed by atoms with van der Waals surface area (Å²) in [6, 6.07) is -2.80. The van der Waals surface area contributed by atoms with Crippen LogP contribution in [0, 0.1) is 5.92 Å². The van der Waals surface area contributed by atoms with Gasteiger partial charge in [0.1, 0.15) is 18.1 Å². The van der Waals surface area contributed by atoms with Gasteiger partial charge in [0.05, 0.1) is 6.61 Å². The minimum absolute atomic E-state index is 0.220. The van der Waals surface area contributed by atoms with Crippen molar-refractivity contribution in [1.82, 2.24) is 10.2 Å². The molecule has 1 saturated heterocycles. The van der Waals surface area contributed by atoms with E-state index in [0.717, 1.165) is 0 Å². The highest BCUT2D eigenvalue weighted by molar-refractivity contribution is 5.92. The van der Waals surface area contributed by atoms with Crippen LogP contribution in [0.4, 0.5) is 0 Å². The van der Waals surface area contributed by atoms with E-state index >= 15 is 0 Å². The number of nitrogens with zero attached hydrogens (tertiary/aromatic N) is 1. The molecule has 0 aromatic rings. The molecule has 0 aliphatic carbocycles. The molecule has 1 fully saturated rings. The quantitative estimate of drug-likeness (QED) is 0.473. The maximum atomic E-state index is 12.5. The van der Waals surface area contributed by atoms with E-state index in [9.17, 15) is 14.4 Å². The number of amides is 2. The van der Waals surface area contributed by atoms with Gasteiger partial charge in [0, 0.05) is 6.54 Å². The number of nitrogens with one attached hydrogen (secondary N) is 1. The Labute approximate surface area is 123 Å². The summed E-state index contributed by atoms with van der Waals surface area (Å²) in [7, 11) is 0. The number of likely N-dealkylation sites (tertiary alicyclic amines) is 1. The minimum atomic E-state index is -1.10. The minimum Gasteiger partial charge on any atom is -0.480 e. The first-order valence-corrected chi connectivity index (χ1v) is 6.99. The lowest BCUT2D eigenvalue weighted by atomic mass is 10.0. The lowest BCUT2D eigenvalue weighted by Gasteiger charge is -2.29. The van der Waals surface area contributed by atoms with Crippen molar-refractivity contribution in [2.24, 2.45) is 11.7 Å². The monoisotopic (exact) mass is 301 g/mol. The third-order valence-corrected chi connectivity index (χ3v) is 3.58. The molecule has 1 rings (SSSR count). The molecule has 120 valence electrons. The highest BCUT2D eigenvalue weighted by Gasteiger charge is 2.38. The van der Waals surface area contributed by atoms with Gasteiger partial charge in [-0.15, -0.1) is 0 Å². The maximum Gasteiger partial charge on any atom is 0.326 e. The predicted molar refractivity (Wildman–Crippen MR) is 74.2 cm³/mol. The fraction of sp³-hybridized carbons (Fsp3) is 0.769. The van der Waals surface area contributed by atoms with E-state index in [-0.39, 0.29) is 5.92 Å². The molecular formula is C13H23N3O5. The van der Waals surface area contributed by atoms with E-state index in [4.69, 9.17) is 15.9 Å². The normalized spacial score (nSPS) is 21.2. The average molecular weight is 301 g/mol. The number of hydrogen-bond donors (Lipinski definition) is 4. The van der Waals surface area contributed by atoms with Gasteiger partial charge in [-0.2, -0.15) is 0 Å². The number of hydrogen-bond acceptors (Lipinski definition) is 5. The third kappa shape index (κ3) is 4.15. The van der Waals surface area contributed by atoms with Crippen LogP contribution >= 0.6 is 0 Å². The summed E-state index contributed by atoms with van der Waals surface area (Å²) in [5.74, 6) is -2.31. The van der Waals surface area contributed by atoms with E-state index in [1.165, 1.54) is 4.90 Å². The smallest absolute Gasteiger partial charge is 0.326 e. The molecule has 1 aliphatic heterocycles. The van der Waals surface area contributed by atoms with Crippen molar-refractivity contribution in [2.45, 2.75) is 44.8 Å². The van der Waals surface area contributed by atoms with Gasteiger partial charge >= 0.3 is 5.97 Å². The number of aliphatic carboxylic acids is 1. The zero-order valence-corrected chi connectivity index (χ0v) is 12.3. The van der Waals surface area contributed by atoms with Gasteiger partial charge in [-0.05, 0) is 18.8 Å². The van der Waals surface area contributed by atoms with Crippen LogP contribution in [-0.2, 0) is 14.4 Å². The van der Waals surface area contributed by atoms with Gasteiger partial charge in [-0.25, -0.2) is 4.79 Å². The molecule has 2 amide bonds. The molecule has 0 unspecified atom stereocenters. The average Bonchev–Trinajstić information content (AvgIpc) is 2.91. The van der Waals surface area contributed by atoms with Gasteiger partial charge in [0.15, 0.2) is 0 Å². The van der Waals surface area contributed by atoms with Crippen molar-refractivity contribution in [2.75, 3.05) is 13.2 Å². The summed E-state index contributed by atoms with van der Waals surface area (Å²) in [6.07, 6.45) is 1.04. The van der Waals surface area contributed by atoms with E-state index in [1.54, 1.807) is 13.8 Å². The van der Waals surface area contributed by atoms with Crippen LogP contribution in [0.2, 0.25) is 0 Å². The molecule has 8 nitrogen and oxygen atoms in total. The summed E-state index contributed by atoms with van der Waals surface area (Å²) in [6.45, 7) is 3.34. The second kappa shape index (κ2) is 7.37. The zero-order valence-electron chi connectivity index (χ0n) is 12.3. The van der Waals surface area contributed by atoms with Crippen LogP contribution in [0.3, 0.4) is 0 Å². The topological polar surface area (TPSA) is 133 Å². The molecule has 5 N–H and O–H groups in total. The molecule has 8 heteroatoms. The first kappa shape index (κ1) is 17.4. The molecule has 0 spiro atoms. The van der Waals surface area contributed by atoms with Gasteiger partial charge < -0.3 is 26.2 Å². The molecule has 21 heavy (non-hydrogen) atoms. The molecule has 3 atom stereocenters. The number of carbonyl (C=O) groups is 3. The van der Waals surface area contributed by atoms with Crippen molar-refractivity contribution in [3.8, 4) is 0 Å². The highest BCUT2D eigenvalue weighted by atomic mass is 16.4. The second-order valence-corrected chi connectivity index (χ2v) is 5.55. The fourth-order valence-electron chi connectivity index (χ4n) is 2.32. The zero-order chi connectivity index (χ0) is 16.2. The lowest BCUT2D eigenvalue weighted by molar-refractivity contribution is -0.150. The molecule has 0 saturated carbocycles. The van der Waals surface area contributed by atoms with Crippen LogP contribution < -0.4 is 11.1 Å². The van der Waals surface area contributed by atoms with Crippen LogP contribution in [0.1, 0.15) is 26.7 Å². The first-order valence-electron chi connectivity index (χ1n) is 6.99. The summed E-state index contributed by atoms with van der Waals surface area (Å²) < 4.78 is 0. The molecule has 1 heterocycles. The van der Waals surface area contributed by atoms with Crippen LogP contribution in [0.5, 0.6) is 0 Å². The van der Waals surface area contributed by atoms with Crippen LogP contribution in [-0.4, -0.2) is 64.2 Å². The Morgan fingerprint density at radius 3 is 2.48 bits per heavy atom. The highest BCUT2D eigenvalue weighted by Crippen LogP contribution is 2.20. The van der Waals surface area contributed by atoms with Crippen molar-refractivity contribution < 1.29 is 24.6 Å². The standard InChI is InChI=1S/C13H23N3O5/c1-7(2)10(15-11(18)8(14)6-17)12(19)16-5-3-4-9(16)13(20)21/h7-10,17H,3-6,14H2,1-2H3,(H,15,18)(H,20,21)/t8-,9+,10-/m0/s1. The van der Waals surface area contributed by atoms with E-state index < -0.39 is 42.5 Å². The third-order valence-electron chi connectivity index (χ3n) is 3.58. The van der Waals surface area contributed by atoms with Crippen molar-refractivity contribution in [1.29, 1.82) is 0 Å². The Morgan fingerprint density at radius 2 is 2.00 bits per heavy atom. The van der Waals surface area contributed by atoms with Crippen molar-refractivity contribution in [3.05, 3.63) is 0 Å². The lowest BCUT2D eigenvalue weighted by Crippen LogP contribution is -2.56. The van der Waals surface area contributed by atoms with Gasteiger partial charge in [0.2, 0.25) is 11.8 Å². The Bertz CT molecular complexity index is 413.